The number of hydrogen-bond donors (Lipinski definition) is 1. The van der Waals surface area contributed by atoms with Crippen LogP contribution in [0.1, 0.15) is 11.1 Å². The van der Waals surface area contributed by atoms with Crippen molar-refractivity contribution in [3.63, 3.8) is 0 Å². The Bertz CT molecular complexity index is 1130. The number of rotatable bonds is 9. The van der Waals surface area contributed by atoms with E-state index in [1.165, 1.54) is 11.8 Å². The van der Waals surface area contributed by atoms with E-state index in [4.69, 9.17) is 4.74 Å². The lowest BCUT2D eigenvalue weighted by Gasteiger charge is -2.10. The first-order valence-corrected chi connectivity index (χ1v) is 11.6. The second-order valence-corrected chi connectivity index (χ2v) is 8.66. The van der Waals surface area contributed by atoms with Crippen molar-refractivity contribution in [2.45, 2.75) is 18.2 Å². The number of hydrogen-bond acceptors (Lipinski definition) is 6. The minimum atomic E-state index is -0.0558. The van der Waals surface area contributed by atoms with Gasteiger partial charge in [-0.3, -0.25) is 9.36 Å². The summed E-state index contributed by atoms with van der Waals surface area (Å²) >= 11 is 3.02. The molecule has 0 spiro atoms. The Morgan fingerprint density at radius 3 is 2.68 bits per heavy atom. The van der Waals surface area contributed by atoms with E-state index < -0.39 is 0 Å². The Hall–Kier alpha value is -3.10. The summed E-state index contributed by atoms with van der Waals surface area (Å²) in [5.74, 6) is 1.80. The molecule has 1 N–H and O–H groups in total. The van der Waals surface area contributed by atoms with Gasteiger partial charge in [-0.1, -0.05) is 60.3 Å². The quantitative estimate of drug-likeness (QED) is 0.381. The summed E-state index contributed by atoms with van der Waals surface area (Å²) < 4.78 is 7.30. The summed E-state index contributed by atoms with van der Waals surface area (Å²) in [5, 5.41) is 14.5. The highest BCUT2D eigenvalue weighted by Crippen LogP contribution is 2.28. The van der Waals surface area contributed by atoms with Crippen LogP contribution in [0.2, 0.25) is 0 Å². The number of nitrogens with zero attached hydrogens (tertiary/aromatic N) is 3. The van der Waals surface area contributed by atoms with Gasteiger partial charge in [-0.15, -0.1) is 21.5 Å². The smallest absolute Gasteiger partial charge is 0.230 e. The highest BCUT2D eigenvalue weighted by atomic mass is 32.2. The predicted octanol–water partition coefficient (Wildman–Crippen LogP) is 4.47. The zero-order valence-corrected chi connectivity index (χ0v) is 18.7. The molecule has 4 aromatic rings. The Kier molecular flexibility index (Phi) is 7.01. The van der Waals surface area contributed by atoms with Crippen LogP contribution in [0.15, 0.2) is 77.3 Å². The summed E-state index contributed by atoms with van der Waals surface area (Å²) in [5.41, 5.74) is 2.15. The van der Waals surface area contributed by atoms with Gasteiger partial charge in [-0.25, -0.2) is 0 Å². The van der Waals surface area contributed by atoms with Crippen LogP contribution in [0.3, 0.4) is 0 Å². The SMILES string of the molecule is COc1cccc(CNC(=O)CSc2nnc(-c3cccs3)n2Cc2ccccc2)c1. The van der Waals surface area contributed by atoms with E-state index in [9.17, 15) is 4.79 Å². The molecule has 2 aromatic carbocycles. The molecule has 0 fully saturated rings. The summed E-state index contributed by atoms with van der Waals surface area (Å²) in [7, 11) is 1.63. The third-order valence-electron chi connectivity index (χ3n) is 4.60. The van der Waals surface area contributed by atoms with Crippen molar-refractivity contribution in [1.82, 2.24) is 20.1 Å². The van der Waals surface area contributed by atoms with Crippen molar-refractivity contribution >= 4 is 29.0 Å². The molecule has 1 amide bonds. The average molecular weight is 451 g/mol. The fourth-order valence-electron chi connectivity index (χ4n) is 3.06. The van der Waals surface area contributed by atoms with E-state index in [0.29, 0.717) is 13.1 Å². The summed E-state index contributed by atoms with van der Waals surface area (Å²) in [6.45, 7) is 1.10. The van der Waals surface area contributed by atoms with E-state index in [1.807, 2.05) is 60.0 Å². The third kappa shape index (κ3) is 5.53. The van der Waals surface area contributed by atoms with Gasteiger partial charge >= 0.3 is 0 Å². The minimum absolute atomic E-state index is 0.0558. The van der Waals surface area contributed by atoms with Gasteiger partial charge in [-0.2, -0.15) is 0 Å². The van der Waals surface area contributed by atoms with Gasteiger partial charge in [0.25, 0.3) is 0 Å². The lowest BCUT2D eigenvalue weighted by molar-refractivity contribution is -0.118. The lowest BCUT2D eigenvalue weighted by atomic mass is 10.2. The standard InChI is InChI=1S/C23H22N4O2S2/c1-29-19-10-5-9-18(13-19)14-24-21(28)16-31-23-26-25-22(20-11-6-12-30-20)27(23)15-17-7-3-2-4-8-17/h2-13H,14-16H2,1H3,(H,24,28). The Morgan fingerprint density at radius 2 is 1.90 bits per heavy atom. The molecule has 2 aromatic heterocycles. The fourth-order valence-corrected chi connectivity index (χ4v) is 4.54. The van der Waals surface area contributed by atoms with Crippen LogP contribution in [0, 0.1) is 0 Å². The van der Waals surface area contributed by atoms with E-state index >= 15 is 0 Å². The van der Waals surface area contributed by atoms with Gasteiger partial charge < -0.3 is 10.1 Å². The minimum Gasteiger partial charge on any atom is -0.497 e. The molecule has 0 aliphatic rings. The molecule has 0 saturated carbocycles. The van der Waals surface area contributed by atoms with Crippen LogP contribution >= 0.6 is 23.1 Å². The normalized spacial score (nSPS) is 10.7. The largest absolute Gasteiger partial charge is 0.497 e. The maximum absolute atomic E-state index is 12.4. The van der Waals surface area contributed by atoms with E-state index in [2.05, 4.69) is 32.2 Å². The molecule has 0 unspecified atom stereocenters. The number of ether oxygens (including phenoxy) is 1. The second-order valence-electron chi connectivity index (χ2n) is 6.77. The molecule has 0 aliphatic heterocycles. The Labute approximate surface area is 189 Å². The summed E-state index contributed by atoms with van der Waals surface area (Å²) in [4.78, 5) is 13.5. The molecule has 0 atom stereocenters. The molecule has 158 valence electrons. The number of nitrogens with one attached hydrogen (secondary N) is 1. The first-order valence-electron chi connectivity index (χ1n) is 9.76. The van der Waals surface area contributed by atoms with Gasteiger partial charge in [0.15, 0.2) is 11.0 Å². The number of amides is 1. The highest BCUT2D eigenvalue weighted by Gasteiger charge is 2.16. The Balaban J connectivity index is 1.43. The topological polar surface area (TPSA) is 69.0 Å². The first kappa shape index (κ1) is 21.1. The van der Waals surface area contributed by atoms with E-state index in [-0.39, 0.29) is 11.7 Å². The molecule has 0 aliphatic carbocycles. The van der Waals surface area contributed by atoms with Crippen LogP contribution in [0.4, 0.5) is 0 Å². The van der Waals surface area contributed by atoms with Crippen molar-refractivity contribution in [3.05, 3.63) is 83.2 Å². The zero-order chi connectivity index (χ0) is 21.5. The molecule has 0 bridgehead atoms. The van der Waals surface area contributed by atoms with Crippen LogP contribution < -0.4 is 10.1 Å². The van der Waals surface area contributed by atoms with Crippen molar-refractivity contribution in [2.75, 3.05) is 12.9 Å². The fraction of sp³-hybridized carbons (Fsp3) is 0.174. The molecule has 0 radical (unpaired) electrons. The van der Waals surface area contributed by atoms with E-state index in [1.54, 1.807) is 18.4 Å². The third-order valence-corrected chi connectivity index (χ3v) is 6.43. The van der Waals surface area contributed by atoms with Gasteiger partial charge in [0, 0.05) is 6.54 Å². The van der Waals surface area contributed by atoms with Crippen molar-refractivity contribution in [3.8, 4) is 16.5 Å². The maximum Gasteiger partial charge on any atom is 0.230 e. The number of carbonyl (C=O) groups is 1. The van der Waals surface area contributed by atoms with Gasteiger partial charge in [0.05, 0.1) is 24.3 Å². The first-order chi connectivity index (χ1) is 15.2. The number of thioether (sulfide) groups is 1. The van der Waals surface area contributed by atoms with Crippen molar-refractivity contribution in [1.29, 1.82) is 0 Å². The number of thiophene rings is 1. The van der Waals surface area contributed by atoms with Crippen LogP contribution in [-0.2, 0) is 17.9 Å². The number of aromatic nitrogens is 3. The summed E-state index contributed by atoms with van der Waals surface area (Å²) in [6.07, 6.45) is 0. The van der Waals surface area contributed by atoms with Gasteiger partial charge in [0.1, 0.15) is 5.75 Å². The van der Waals surface area contributed by atoms with Gasteiger partial charge in [-0.05, 0) is 34.7 Å². The molecular formula is C23H22N4O2S2. The van der Waals surface area contributed by atoms with Crippen LogP contribution in [-0.4, -0.2) is 33.5 Å². The molecule has 8 heteroatoms. The van der Waals surface area contributed by atoms with Crippen molar-refractivity contribution < 1.29 is 9.53 Å². The van der Waals surface area contributed by atoms with E-state index in [0.717, 1.165) is 32.7 Å². The molecular weight excluding hydrogens is 428 g/mol. The van der Waals surface area contributed by atoms with Crippen LogP contribution in [0.25, 0.3) is 10.7 Å². The second kappa shape index (κ2) is 10.3. The molecule has 31 heavy (non-hydrogen) atoms. The molecule has 4 rings (SSSR count). The average Bonchev–Trinajstić information content (AvgIpc) is 3.47. The lowest BCUT2D eigenvalue weighted by Crippen LogP contribution is -2.24. The zero-order valence-electron chi connectivity index (χ0n) is 17.0. The monoisotopic (exact) mass is 450 g/mol. The maximum atomic E-state index is 12.4. The predicted molar refractivity (Wildman–Crippen MR) is 124 cm³/mol. The molecule has 0 saturated heterocycles. The van der Waals surface area contributed by atoms with Crippen molar-refractivity contribution in [2.24, 2.45) is 0 Å². The van der Waals surface area contributed by atoms with Crippen LogP contribution in [0.5, 0.6) is 5.75 Å². The van der Waals surface area contributed by atoms with Gasteiger partial charge in [0.2, 0.25) is 5.91 Å². The number of methoxy groups -OCH3 is 1. The Morgan fingerprint density at radius 1 is 1.06 bits per heavy atom. The number of benzene rings is 2. The highest BCUT2D eigenvalue weighted by molar-refractivity contribution is 7.99. The molecule has 2 heterocycles. The summed E-state index contributed by atoms with van der Waals surface area (Å²) in [6, 6.07) is 21.9. The number of carbonyl (C=O) groups excluding carboxylic acids is 1. The molecule has 6 nitrogen and oxygen atoms in total.